The lowest BCUT2D eigenvalue weighted by Crippen LogP contribution is -2.18. The Balaban J connectivity index is 2.32. The highest BCUT2D eigenvalue weighted by Gasteiger charge is 2.14. The fourth-order valence-electron chi connectivity index (χ4n) is 1.42. The fraction of sp³-hybridized carbons (Fsp3) is 0. The van der Waals surface area contributed by atoms with Gasteiger partial charge in [0.05, 0.1) is 5.69 Å². The summed E-state index contributed by atoms with van der Waals surface area (Å²) in [5, 5.41) is 2.25. The number of hydrogen-bond acceptors (Lipinski definition) is 2. The molecule has 0 radical (unpaired) electrons. The van der Waals surface area contributed by atoms with Crippen LogP contribution in [0.15, 0.2) is 39.6 Å². The lowest BCUT2D eigenvalue weighted by molar-refractivity contribution is 0.102. The Bertz CT molecular complexity index is 677. The van der Waals surface area contributed by atoms with Crippen LogP contribution in [0.1, 0.15) is 10.5 Å². The van der Waals surface area contributed by atoms with Crippen LogP contribution in [-0.4, -0.2) is 10.9 Å². The second kappa shape index (κ2) is 5.31. The van der Waals surface area contributed by atoms with E-state index in [1.807, 2.05) is 0 Å². The van der Waals surface area contributed by atoms with Gasteiger partial charge in [0, 0.05) is 16.6 Å². The summed E-state index contributed by atoms with van der Waals surface area (Å²) in [6.07, 6.45) is 0. The first-order valence-electron chi connectivity index (χ1n) is 5.12. The van der Waals surface area contributed by atoms with Crippen molar-refractivity contribution in [1.82, 2.24) is 4.98 Å². The van der Waals surface area contributed by atoms with Gasteiger partial charge in [-0.25, -0.2) is 8.78 Å². The maximum absolute atomic E-state index is 13.5. The number of rotatable bonds is 2. The first kappa shape index (κ1) is 13.4. The molecule has 0 atom stereocenters. The van der Waals surface area contributed by atoms with Gasteiger partial charge in [-0.05, 0) is 28.1 Å². The number of anilines is 1. The molecule has 1 heterocycles. The summed E-state index contributed by atoms with van der Waals surface area (Å²) >= 11 is 2.95. The van der Waals surface area contributed by atoms with Crippen molar-refractivity contribution in [2.45, 2.75) is 0 Å². The molecule has 2 aromatic rings. The van der Waals surface area contributed by atoms with Crippen molar-refractivity contribution >= 4 is 27.5 Å². The molecule has 0 saturated heterocycles. The topological polar surface area (TPSA) is 62.0 Å². The Hall–Kier alpha value is -2.02. The van der Waals surface area contributed by atoms with E-state index in [2.05, 4.69) is 26.2 Å². The van der Waals surface area contributed by atoms with Gasteiger partial charge in [0.25, 0.3) is 5.91 Å². The van der Waals surface area contributed by atoms with Crippen molar-refractivity contribution in [1.29, 1.82) is 0 Å². The number of benzene rings is 1. The second-order valence-electron chi connectivity index (χ2n) is 3.63. The zero-order valence-corrected chi connectivity index (χ0v) is 10.9. The molecule has 0 unspecified atom stereocenters. The van der Waals surface area contributed by atoms with Crippen LogP contribution >= 0.6 is 15.9 Å². The molecular weight excluding hydrogens is 322 g/mol. The van der Waals surface area contributed by atoms with Crippen LogP contribution in [0.2, 0.25) is 0 Å². The highest BCUT2D eigenvalue weighted by atomic mass is 79.9. The summed E-state index contributed by atoms with van der Waals surface area (Å²) in [5.74, 6) is -2.39. The molecule has 19 heavy (non-hydrogen) atoms. The molecule has 0 aliphatic heterocycles. The predicted octanol–water partition coefficient (Wildman–Crippen LogP) is 2.67. The van der Waals surface area contributed by atoms with Crippen LogP contribution in [0.5, 0.6) is 0 Å². The third-order valence-electron chi connectivity index (χ3n) is 2.26. The van der Waals surface area contributed by atoms with Gasteiger partial charge < -0.3 is 10.3 Å². The smallest absolute Gasteiger partial charge is 0.272 e. The predicted molar refractivity (Wildman–Crippen MR) is 69.1 cm³/mol. The number of carbonyl (C=O) groups excluding carboxylic acids is 1. The number of carbonyl (C=O) groups is 1. The summed E-state index contributed by atoms with van der Waals surface area (Å²) in [6, 6.07) is 5.67. The number of H-pyrrole nitrogens is 1. The molecule has 2 rings (SSSR count). The molecule has 1 aromatic heterocycles. The van der Waals surface area contributed by atoms with Crippen molar-refractivity contribution in [2.75, 3.05) is 5.32 Å². The standard InChI is InChI=1S/C12H7BrF2N2O2/c13-7-4-6(14)5-8(15)11(7)17-12(19)9-2-1-3-10(18)16-9/h1-5H,(H,16,18)(H,17,19). The first-order valence-corrected chi connectivity index (χ1v) is 5.92. The normalized spacial score (nSPS) is 10.3. The molecular formula is C12H7BrF2N2O2. The maximum atomic E-state index is 13.5. The molecule has 0 aliphatic rings. The third kappa shape index (κ3) is 3.05. The van der Waals surface area contributed by atoms with E-state index < -0.39 is 23.1 Å². The van der Waals surface area contributed by atoms with Crippen molar-refractivity contribution < 1.29 is 13.6 Å². The Morgan fingerprint density at radius 2 is 2.00 bits per heavy atom. The molecule has 2 N–H and O–H groups in total. The van der Waals surface area contributed by atoms with E-state index in [0.29, 0.717) is 6.07 Å². The molecule has 0 aliphatic carbocycles. The molecule has 0 bridgehead atoms. The molecule has 0 fully saturated rings. The summed E-state index contributed by atoms with van der Waals surface area (Å²) in [4.78, 5) is 25.1. The maximum Gasteiger partial charge on any atom is 0.272 e. The molecule has 98 valence electrons. The third-order valence-corrected chi connectivity index (χ3v) is 2.88. The Labute approximate surface area is 114 Å². The molecule has 0 saturated carbocycles. The van der Waals surface area contributed by atoms with E-state index in [1.54, 1.807) is 0 Å². The minimum atomic E-state index is -0.918. The van der Waals surface area contributed by atoms with Gasteiger partial charge in [-0.1, -0.05) is 6.07 Å². The van der Waals surface area contributed by atoms with E-state index in [-0.39, 0.29) is 15.9 Å². The number of aromatic amines is 1. The van der Waals surface area contributed by atoms with Crippen molar-refractivity contribution in [2.24, 2.45) is 0 Å². The first-order chi connectivity index (χ1) is 8.97. The largest absolute Gasteiger partial charge is 0.318 e. The van der Waals surface area contributed by atoms with Crippen molar-refractivity contribution in [3.05, 3.63) is 62.5 Å². The molecule has 4 nitrogen and oxygen atoms in total. The number of amides is 1. The summed E-state index contributed by atoms with van der Waals surface area (Å²) < 4.78 is 26.5. The fourth-order valence-corrected chi connectivity index (χ4v) is 1.93. The van der Waals surface area contributed by atoms with Gasteiger partial charge >= 0.3 is 0 Å². The molecule has 1 amide bonds. The quantitative estimate of drug-likeness (QED) is 0.890. The van der Waals surface area contributed by atoms with E-state index >= 15 is 0 Å². The zero-order chi connectivity index (χ0) is 14.0. The number of pyridine rings is 1. The van der Waals surface area contributed by atoms with Crippen LogP contribution < -0.4 is 10.9 Å². The highest BCUT2D eigenvalue weighted by molar-refractivity contribution is 9.10. The number of hydrogen-bond donors (Lipinski definition) is 2. The SMILES string of the molecule is O=C(Nc1c(F)cc(F)cc1Br)c1cccc(=O)[nH]1. The molecule has 0 spiro atoms. The van der Waals surface area contributed by atoms with Gasteiger partial charge in [0.15, 0.2) is 5.82 Å². The minimum Gasteiger partial charge on any atom is -0.318 e. The van der Waals surface area contributed by atoms with Gasteiger partial charge in [-0.15, -0.1) is 0 Å². The van der Waals surface area contributed by atoms with E-state index in [4.69, 9.17) is 0 Å². The Morgan fingerprint density at radius 3 is 2.63 bits per heavy atom. The van der Waals surface area contributed by atoms with Gasteiger partial charge in [0.1, 0.15) is 11.5 Å². The average molecular weight is 329 g/mol. The summed E-state index contributed by atoms with van der Waals surface area (Å²) in [6.45, 7) is 0. The van der Waals surface area contributed by atoms with Gasteiger partial charge in [-0.3, -0.25) is 9.59 Å². The average Bonchev–Trinajstić information content (AvgIpc) is 2.33. The number of halogens is 3. The van der Waals surface area contributed by atoms with Crippen molar-refractivity contribution in [3.8, 4) is 0 Å². The van der Waals surface area contributed by atoms with Crippen LogP contribution in [0.4, 0.5) is 14.5 Å². The monoisotopic (exact) mass is 328 g/mol. The number of aromatic nitrogens is 1. The zero-order valence-electron chi connectivity index (χ0n) is 9.34. The van der Waals surface area contributed by atoms with Crippen LogP contribution in [0, 0.1) is 11.6 Å². The summed E-state index contributed by atoms with van der Waals surface area (Å²) in [5.41, 5.74) is -0.675. The van der Waals surface area contributed by atoms with E-state index in [0.717, 1.165) is 6.07 Å². The van der Waals surface area contributed by atoms with Crippen LogP contribution in [0.25, 0.3) is 0 Å². The van der Waals surface area contributed by atoms with E-state index in [9.17, 15) is 18.4 Å². The van der Waals surface area contributed by atoms with Crippen LogP contribution in [0.3, 0.4) is 0 Å². The molecule has 7 heteroatoms. The Morgan fingerprint density at radius 1 is 1.26 bits per heavy atom. The summed E-state index contributed by atoms with van der Waals surface area (Å²) in [7, 11) is 0. The lowest BCUT2D eigenvalue weighted by Gasteiger charge is -2.08. The molecule has 1 aromatic carbocycles. The van der Waals surface area contributed by atoms with Crippen molar-refractivity contribution in [3.63, 3.8) is 0 Å². The number of nitrogens with one attached hydrogen (secondary N) is 2. The lowest BCUT2D eigenvalue weighted by atomic mass is 10.2. The Kier molecular flexibility index (Phi) is 3.75. The second-order valence-corrected chi connectivity index (χ2v) is 4.48. The minimum absolute atomic E-state index is 0.0249. The van der Waals surface area contributed by atoms with E-state index in [1.165, 1.54) is 18.2 Å². The highest BCUT2D eigenvalue weighted by Crippen LogP contribution is 2.27. The van der Waals surface area contributed by atoms with Crippen LogP contribution in [-0.2, 0) is 0 Å². The van der Waals surface area contributed by atoms with Gasteiger partial charge in [0.2, 0.25) is 5.56 Å². The van der Waals surface area contributed by atoms with Gasteiger partial charge in [-0.2, -0.15) is 0 Å².